The van der Waals surface area contributed by atoms with Crippen molar-refractivity contribution in [3.8, 4) is 0 Å². The van der Waals surface area contributed by atoms with Gasteiger partial charge in [0.2, 0.25) is 0 Å². The maximum Gasteiger partial charge on any atom is 0.250 e. The fourth-order valence-corrected chi connectivity index (χ4v) is 1.33. The summed E-state index contributed by atoms with van der Waals surface area (Å²) in [7, 11) is 5.72. The Labute approximate surface area is 91.5 Å². The fourth-order valence-electron chi connectivity index (χ4n) is 1.33. The number of hydrogen-bond acceptors (Lipinski definition) is 2. The fraction of sp³-hybridized carbons (Fsp3) is 0.364. The summed E-state index contributed by atoms with van der Waals surface area (Å²) in [5.74, 6) is -0.458. The van der Waals surface area contributed by atoms with Crippen LogP contribution in [0.4, 0.5) is 5.69 Å². The molecule has 78 valence electrons. The largest absolute Gasteiger partial charge is 0.384 e. The molecule has 3 N–H and O–H groups in total. The van der Waals surface area contributed by atoms with Crippen LogP contribution >= 0.6 is 0 Å². The summed E-state index contributed by atoms with van der Waals surface area (Å²) < 4.78 is 0. The zero-order valence-electron chi connectivity index (χ0n) is 9.13. The van der Waals surface area contributed by atoms with Crippen molar-refractivity contribution in [2.75, 3.05) is 11.9 Å². The molecule has 0 fully saturated rings. The summed E-state index contributed by atoms with van der Waals surface area (Å²) in [4.78, 5) is 11.2. The van der Waals surface area contributed by atoms with Crippen LogP contribution in [-0.2, 0) is 0 Å². The van der Waals surface area contributed by atoms with Crippen LogP contribution in [0.3, 0.4) is 0 Å². The van der Waals surface area contributed by atoms with Gasteiger partial charge in [-0.15, -0.1) is 0 Å². The molecule has 1 aromatic carbocycles. The lowest BCUT2D eigenvalue weighted by Crippen LogP contribution is -2.19. The second kappa shape index (κ2) is 4.87. The number of primary amides is 1. The lowest BCUT2D eigenvalue weighted by atomic mass is 9.88. The molecule has 1 amide bonds. The van der Waals surface area contributed by atoms with E-state index in [1.54, 1.807) is 6.07 Å². The molecule has 0 bridgehead atoms. The highest BCUT2D eigenvalue weighted by molar-refractivity contribution is 6.34. The first-order chi connectivity index (χ1) is 7.06. The Morgan fingerprint density at radius 2 is 2.20 bits per heavy atom. The first-order valence-electron chi connectivity index (χ1n) is 5.00. The van der Waals surface area contributed by atoms with Gasteiger partial charge in [0, 0.05) is 12.2 Å². The first-order valence-corrected chi connectivity index (χ1v) is 5.00. The molecule has 0 saturated carbocycles. The Kier molecular flexibility index (Phi) is 3.77. The van der Waals surface area contributed by atoms with Gasteiger partial charge in [-0.2, -0.15) is 0 Å². The van der Waals surface area contributed by atoms with Crippen LogP contribution in [0, 0.1) is 6.92 Å². The van der Waals surface area contributed by atoms with Crippen molar-refractivity contribution in [2.45, 2.75) is 20.3 Å². The lowest BCUT2D eigenvalue weighted by Gasteiger charge is -2.12. The van der Waals surface area contributed by atoms with Crippen LogP contribution in [0.5, 0.6) is 0 Å². The maximum atomic E-state index is 11.2. The van der Waals surface area contributed by atoms with E-state index in [0.717, 1.165) is 24.2 Å². The minimum atomic E-state index is -0.458. The topological polar surface area (TPSA) is 55.1 Å². The third kappa shape index (κ3) is 2.75. The van der Waals surface area contributed by atoms with Gasteiger partial charge in [0.05, 0.1) is 5.56 Å². The molecule has 4 heteroatoms. The summed E-state index contributed by atoms with van der Waals surface area (Å²) in [5.41, 5.74) is 8.01. The van der Waals surface area contributed by atoms with E-state index in [4.69, 9.17) is 13.6 Å². The molecule has 2 radical (unpaired) electrons. The monoisotopic (exact) mass is 202 g/mol. The van der Waals surface area contributed by atoms with E-state index in [2.05, 4.69) is 12.2 Å². The summed E-state index contributed by atoms with van der Waals surface area (Å²) in [6, 6.07) is 3.47. The summed E-state index contributed by atoms with van der Waals surface area (Å²) in [6.45, 7) is 4.77. The average molecular weight is 202 g/mol. The van der Waals surface area contributed by atoms with Crippen LogP contribution in [0.1, 0.15) is 29.3 Å². The van der Waals surface area contributed by atoms with Crippen molar-refractivity contribution in [3.63, 3.8) is 0 Å². The smallest absolute Gasteiger partial charge is 0.250 e. The van der Waals surface area contributed by atoms with Crippen molar-refractivity contribution < 1.29 is 4.79 Å². The highest BCUT2D eigenvalue weighted by Gasteiger charge is 2.09. The van der Waals surface area contributed by atoms with E-state index in [1.807, 2.05) is 13.0 Å². The molecular formula is C11H15BN2O. The van der Waals surface area contributed by atoms with Gasteiger partial charge in [0.15, 0.2) is 0 Å². The Morgan fingerprint density at radius 3 is 2.73 bits per heavy atom. The molecule has 1 rings (SSSR count). The van der Waals surface area contributed by atoms with E-state index in [-0.39, 0.29) is 0 Å². The highest BCUT2D eigenvalue weighted by Crippen LogP contribution is 2.15. The molecular weight excluding hydrogens is 187 g/mol. The van der Waals surface area contributed by atoms with Crippen molar-refractivity contribution in [1.29, 1.82) is 0 Å². The normalized spacial score (nSPS) is 10.0. The number of amides is 1. The lowest BCUT2D eigenvalue weighted by molar-refractivity contribution is 0.100. The molecule has 3 nitrogen and oxygen atoms in total. The minimum Gasteiger partial charge on any atom is -0.384 e. The second-order valence-corrected chi connectivity index (χ2v) is 3.55. The quantitative estimate of drug-likeness (QED) is 0.706. The number of anilines is 1. The molecule has 0 heterocycles. The number of carbonyl (C=O) groups excluding carboxylic acids is 1. The zero-order chi connectivity index (χ0) is 11.4. The number of hydrogen-bond donors (Lipinski definition) is 2. The molecule has 15 heavy (non-hydrogen) atoms. The molecule has 0 aromatic heterocycles. The zero-order valence-corrected chi connectivity index (χ0v) is 9.13. The Hall–Kier alpha value is -1.45. The number of carbonyl (C=O) groups is 1. The van der Waals surface area contributed by atoms with Gasteiger partial charge >= 0.3 is 0 Å². The predicted molar refractivity (Wildman–Crippen MR) is 63.9 cm³/mol. The highest BCUT2D eigenvalue weighted by atomic mass is 16.1. The van der Waals surface area contributed by atoms with Crippen LogP contribution in [0.15, 0.2) is 12.1 Å². The van der Waals surface area contributed by atoms with Crippen LogP contribution < -0.4 is 16.5 Å². The van der Waals surface area contributed by atoms with Gasteiger partial charge in [-0.25, -0.2) is 0 Å². The van der Waals surface area contributed by atoms with Crippen LogP contribution in [-0.4, -0.2) is 20.3 Å². The van der Waals surface area contributed by atoms with Gasteiger partial charge < -0.3 is 11.1 Å². The minimum absolute atomic E-state index is 0.451. The van der Waals surface area contributed by atoms with Gasteiger partial charge in [-0.05, 0) is 19.4 Å². The average Bonchev–Trinajstić information content (AvgIpc) is 2.19. The molecule has 1 aromatic rings. The van der Waals surface area contributed by atoms with Gasteiger partial charge in [0.1, 0.15) is 7.85 Å². The Bertz CT molecular complexity index is 377. The van der Waals surface area contributed by atoms with Crippen LogP contribution in [0.2, 0.25) is 0 Å². The third-order valence-corrected chi connectivity index (χ3v) is 2.24. The Balaban J connectivity index is 3.10. The van der Waals surface area contributed by atoms with Crippen molar-refractivity contribution in [3.05, 3.63) is 23.3 Å². The molecule has 0 unspecified atom stereocenters. The van der Waals surface area contributed by atoms with E-state index in [1.165, 1.54) is 0 Å². The van der Waals surface area contributed by atoms with Crippen LogP contribution in [0.25, 0.3) is 0 Å². The summed E-state index contributed by atoms with van der Waals surface area (Å²) in [5, 5.41) is 3.16. The number of nitrogens with two attached hydrogens (primary N) is 1. The summed E-state index contributed by atoms with van der Waals surface area (Å²) >= 11 is 0. The molecule has 0 atom stereocenters. The van der Waals surface area contributed by atoms with Crippen molar-refractivity contribution in [1.82, 2.24) is 0 Å². The number of nitrogens with one attached hydrogen (secondary N) is 1. The molecule has 0 aliphatic rings. The molecule has 0 aliphatic carbocycles. The second-order valence-electron chi connectivity index (χ2n) is 3.55. The maximum absolute atomic E-state index is 11.2. The summed E-state index contributed by atoms with van der Waals surface area (Å²) in [6.07, 6.45) is 0.988. The van der Waals surface area contributed by atoms with Gasteiger partial charge in [-0.1, -0.05) is 24.0 Å². The van der Waals surface area contributed by atoms with Crippen molar-refractivity contribution in [2.24, 2.45) is 5.73 Å². The van der Waals surface area contributed by atoms with E-state index in [9.17, 15) is 4.79 Å². The number of rotatable bonds is 4. The van der Waals surface area contributed by atoms with E-state index in [0.29, 0.717) is 11.0 Å². The SMILES string of the molecule is [B]c1cc(C(N)=O)c(NCCC)cc1C. The number of aryl methyl sites for hydroxylation is 1. The third-order valence-electron chi connectivity index (χ3n) is 2.24. The van der Waals surface area contributed by atoms with Crippen molar-refractivity contribution >= 4 is 24.9 Å². The predicted octanol–water partition coefficient (Wildman–Crippen LogP) is 0.710. The standard InChI is InChI=1S/C11H15BN2O/c1-3-4-14-10-5-7(2)9(12)6-8(10)11(13)15/h5-6,14H,3-4H2,1-2H3,(H2,13,15). The molecule has 0 spiro atoms. The number of benzene rings is 1. The first kappa shape index (κ1) is 11.6. The molecule has 0 saturated heterocycles. The van der Waals surface area contributed by atoms with Gasteiger partial charge in [-0.3, -0.25) is 4.79 Å². The van der Waals surface area contributed by atoms with E-state index < -0.39 is 5.91 Å². The Morgan fingerprint density at radius 1 is 1.53 bits per heavy atom. The van der Waals surface area contributed by atoms with Gasteiger partial charge in [0.25, 0.3) is 5.91 Å². The molecule has 0 aliphatic heterocycles. The van der Waals surface area contributed by atoms with E-state index >= 15 is 0 Å².